The van der Waals surface area contributed by atoms with Crippen molar-refractivity contribution in [2.75, 3.05) is 40.6 Å². The summed E-state index contributed by atoms with van der Waals surface area (Å²) < 4.78 is 5.79. The van der Waals surface area contributed by atoms with Crippen molar-refractivity contribution in [3.8, 4) is 11.1 Å². The first-order valence-electron chi connectivity index (χ1n) is 30.4. The Labute approximate surface area is 681 Å². The van der Waals surface area contributed by atoms with Crippen LogP contribution in [0.2, 0.25) is 0 Å². The Kier molecular flexibility index (Phi) is 266. The van der Waals surface area contributed by atoms with Gasteiger partial charge in [-0.3, -0.25) is 14.4 Å². The van der Waals surface area contributed by atoms with E-state index in [9.17, 15) is 19.5 Å². The molecule has 0 radical (unpaired) electrons. The van der Waals surface area contributed by atoms with E-state index >= 15 is 0 Å². The lowest BCUT2D eigenvalue weighted by atomic mass is 9.83. The van der Waals surface area contributed by atoms with E-state index in [1.807, 2.05) is 66.7 Å². The molecule has 0 aromatic heterocycles. The van der Waals surface area contributed by atoms with Crippen LogP contribution in [0.4, 0.5) is 0 Å². The fourth-order valence-corrected chi connectivity index (χ4v) is 5.94. The van der Waals surface area contributed by atoms with Gasteiger partial charge in [0.05, 0.1) is 45.9 Å². The highest BCUT2D eigenvalue weighted by Crippen LogP contribution is 2.44. The number of carbonyl (C=O) groups excluding carboxylic acids is 3. The van der Waals surface area contributed by atoms with Crippen molar-refractivity contribution in [1.29, 1.82) is 0 Å². The van der Waals surface area contributed by atoms with Gasteiger partial charge < -0.3 is 9.84 Å². The molecule has 3 aromatic carbocycles. The van der Waals surface area contributed by atoms with Crippen molar-refractivity contribution < 1.29 is 155 Å². The second kappa shape index (κ2) is 190. The van der Waals surface area contributed by atoms with Crippen LogP contribution >= 0.6 is 0 Å². The predicted octanol–water partition coefficient (Wildman–Crippen LogP) is 22.8. The summed E-state index contributed by atoms with van der Waals surface area (Å²) in [5.41, 5.74) is 3.20. The van der Waals surface area contributed by atoms with E-state index in [4.69, 9.17) is 14.5 Å². The summed E-state index contributed by atoms with van der Waals surface area (Å²) in [6.07, 6.45) is -1.31. The van der Waals surface area contributed by atoms with Crippen LogP contribution in [0, 0.1) is 11.3 Å². The highest BCUT2D eigenvalue weighted by molar-refractivity contribution is 5.90. The maximum absolute atomic E-state index is 13.7. The number of benzene rings is 3. The highest BCUT2D eigenvalue weighted by Gasteiger charge is 2.36. The molecule has 1 unspecified atom stereocenters. The number of esters is 1. The molecule has 0 spiro atoms. The molecule has 1 aliphatic rings. The van der Waals surface area contributed by atoms with Gasteiger partial charge in [0.1, 0.15) is 18.2 Å². The van der Waals surface area contributed by atoms with E-state index < -0.39 is 55.1 Å². The smallest absolute Gasteiger partial charge is 0.306 e. The van der Waals surface area contributed by atoms with Crippen molar-refractivity contribution in [3.63, 3.8) is 0 Å². The Morgan fingerprint density at radius 3 is 0.842 bits per heavy atom. The second-order valence-corrected chi connectivity index (χ2v) is 12.7. The summed E-state index contributed by atoms with van der Waals surface area (Å²) >= 11 is 0. The first-order valence-corrected chi connectivity index (χ1v) is 30.4. The molecule has 4 rings (SSSR count). The molecular weight excluding hydrogens is 1490 g/mol. The van der Waals surface area contributed by atoms with Crippen LogP contribution in [-0.2, 0) is 156 Å². The number of ether oxygens (including phenoxy) is 1. The molecule has 1 N–H and O–H groups in total. The van der Waals surface area contributed by atoms with Gasteiger partial charge in [-0.1, -0.05) is 78.9 Å². The van der Waals surface area contributed by atoms with E-state index in [-0.39, 0.29) is 38.2 Å². The minimum absolute atomic E-state index is 0.0586. The molecule has 1 aliphatic carbocycles. The topological polar surface area (TPSA) is 321 Å². The Morgan fingerprint density at radius 1 is 0.333 bits per heavy atom. The monoisotopic (exact) mass is 1630 g/mol. The average molecular weight is 1630 g/mol. The molecule has 114 heavy (non-hydrogen) atoms. The summed E-state index contributed by atoms with van der Waals surface area (Å²) in [6.45, 7) is 142. The minimum Gasteiger partial charge on any atom is -0.465 e. The largest absolute Gasteiger partial charge is 0.465 e. The van der Waals surface area contributed by atoms with Gasteiger partial charge in [-0.05, 0) is 145 Å². The lowest BCUT2D eigenvalue weighted by Crippen LogP contribution is -2.38. The zero-order valence-corrected chi connectivity index (χ0v) is 68.2. The van der Waals surface area contributed by atoms with Gasteiger partial charge in [-0.25, -0.2) is 19.6 Å². The normalized spacial score (nSPS) is 8.27. The summed E-state index contributed by atoms with van der Waals surface area (Å²) in [7, 11) is 2.15. The van der Waals surface area contributed by atoms with Crippen LogP contribution in [0.3, 0.4) is 0 Å². The Hall–Kier alpha value is -10.9. The number of hydrogen-bond donors (Lipinski definition) is 1. The zero-order valence-electron chi connectivity index (χ0n) is 68.2. The van der Waals surface area contributed by atoms with E-state index in [0.717, 1.165) is 42.0 Å². The minimum atomic E-state index is -1.75. The van der Waals surface area contributed by atoms with Crippen LogP contribution in [0.15, 0.2) is 395 Å². The number of hydrogen-bond acceptors (Lipinski definition) is 31. The SMILES string of the molecule is C=C.C=C.C=C.C=C.C=C.C=C.C=C.C=C.C=C.C=C.C=C.C=C.C=C.C=C.C=C.C=C.C=C.C=C.C=C.C=C.C=C.C=C.C=C.C=C.COOOOOOOOOOOOOCC(CO)(COOOOOOOOOOOOOC)CC(=O)CCC(=O)C(CC(=O)OCC1c2ccccc2-c2ccccc21)Cc1ccccc1. The summed E-state index contributed by atoms with van der Waals surface area (Å²) in [5.74, 6) is -2.65. The summed E-state index contributed by atoms with van der Waals surface area (Å²) in [5, 5.41) is 94.6. The number of ketones is 2. The standard InChI is InChI=1S/C35H40O31.24C2H4/c1-40-45-49-53-57-61-65-63-59-55-51-47-43-23-35(22-36,24-44-48-52-56-60-64-66-62-58-54-50-46-41-2)20-27(37)16-17-33(38)26(18-25-10-4-3-5-11-25)19-34(39)42-21-32-30-14-8-6-12-28(30)29-13-7-9-15-31(29)32;24*1-2/h3-15,26,32,36H,16-24H2,1-2H3;24*1-2H2. The van der Waals surface area contributed by atoms with E-state index in [0.29, 0.717) is 0 Å². The molecular formula is C83H136O31. The highest BCUT2D eigenvalue weighted by atomic mass is 18.0. The maximum atomic E-state index is 13.7. The van der Waals surface area contributed by atoms with Gasteiger partial charge in [0.15, 0.2) is 0 Å². The zero-order chi connectivity index (χ0) is 94.9. The molecule has 3 aromatic rings. The molecule has 654 valence electrons. The third-order valence-corrected chi connectivity index (χ3v) is 8.64. The summed E-state index contributed by atoms with van der Waals surface area (Å²) in [6, 6.07) is 24.7. The maximum Gasteiger partial charge on any atom is 0.306 e. The van der Waals surface area contributed by atoms with E-state index in [2.05, 4.69) is 436 Å². The predicted molar refractivity (Wildman–Crippen MR) is 456 cm³/mol. The fourth-order valence-electron chi connectivity index (χ4n) is 5.94. The molecule has 1 atom stereocenters. The van der Waals surface area contributed by atoms with Crippen molar-refractivity contribution >= 4 is 17.5 Å². The van der Waals surface area contributed by atoms with Crippen molar-refractivity contribution in [1.82, 2.24) is 0 Å². The third-order valence-electron chi connectivity index (χ3n) is 8.64. The summed E-state index contributed by atoms with van der Waals surface area (Å²) in [4.78, 5) is 58.0. The van der Waals surface area contributed by atoms with Crippen LogP contribution in [0.5, 0.6) is 0 Å². The Bertz CT molecular complexity index is 2040. The molecule has 0 amide bonds. The molecule has 0 bridgehead atoms. The van der Waals surface area contributed by atoms with Crippen molar-refractivity contribution in [2.24, 2.45) is 11.3 Å². The third kappa shape index (κ3) is 117. The Morgan fingerprint density at radius 2 is 0.579 bits per heavy atom. The number of Topliss-reactive ketones (excluding diaryl/α,β-unsaturated/α-hetero) is 2. The van der Waals surface area contributed by atoms with Crippen molar-refractivity contribution in [2.45, 2.75) is 38.0 Å². The van der Waals surface area contributed by atoms with Crippen LogP contribution < -0.4 is 0 Å². The van der Waals surface area contributed by atoms with Gasteiger partial charge in [0.25, 0.3) is 0 Å². The van der Waals surface area contributed by atoms with Gasteiger partial charge >= 0.3 is 5.97 Å². The van der Waals surface area contributed by atoms with Crippen LogP contribution in [0.1, 0.15) is 48.3 Å². The first-order chi connectivity index (χ1) is 56.4. The molecule has 31 nitrogen and oxygen atoms in total. The lowest BCUT2D eigenvalue weighted by molar-refractivity contribution is -0.870. The van der Waals surface area contributed by atoms with Crippen LogP contribution in [0.25, 0.3) is 11.1 Å². The number of carbonyl (C=O) groups is 3. The molecule has 0 saturated carbocycles. The van der Waals surface area contributed by atoms with E-state index in [1.165, 1.54) is 0 Å². The number of fused-ring (bicyclic) bond motifs is 3. The van der Waals surface area contributed by atoms with Gasteiger partial charge in [-0.2, -0.15) is 0 Å². The molecule has 0 fully saturated rings. The number of rotatable bonds is 41. The quantitative estimate of drug-likeness (QED) is 0.0181. The van der Waals surface area contributed by atoms with Gasteiger partial charge in [0.2, 0.25) is 0 Å². The molecule has 0 heterocycles. The van der Waals surface area contributed by atoms with Gasteiger partial charge in [0, 0.05) is 31.1 Å². The molecule has 0 saturated heterocycles. The first kappa shape index (κ1) is 159. The van der Waals surface area contributed by atoms with Crippen LogP contribution in [-0.4, -0.2) is 63.3 Å². The molecule has 0 aliphatic heterocycles. The lowest BCUT2D eigenvalue weighted by Gasteiger charge is -2.28. The fraction of sp³-hybridized carbons (Fsp3) is 0.169. The average Bonchev–Trinajstić information content (AvgIpc) is 1.62. The number of aliphatic hydroxyl groups excluding tert-OH is 1. The van der Waals surface area contributed by atoms with E-state index in [1.54, 1.807) is 12.1 Å². The van der Waals surface area contributed by atoms with Gasteiger partial charge in [-0.15, -0.1) is 316 Å². The second-order valence-electron chi connectivity index (χ2n) is 12.7. The molecule has 31 heteroatoms. The number of aliphatic hydroxyl groups is 1. The Balaban J connectivity index is -0.0000000809. The van der Waals surface area contributed by atoms with Crippen molar-refractivity contribution in [3.05, 3.63) is 411 Å².